The van der Waals surface area contributed by atoms with Crippen molar-refractivity contribution >= 4 is 11.0 Å². The first-order chi connectivity index (χ1) is 17.0. The SMILES string of the molecule is CC(C)n1cnnc1-c1ccc(-c2cncc(-c3ccnc4c3cc3n4CCN(C)C3O)c2)cc1. The molecule has 0 saturated carbocycles. The minimum Gasteiger partial charge on any atom is -0.373 e. The van der Waals surface area contributed by atoms with Gasteiger partial charge in [-0.1, -0.05) is 24.3 Å². The molecular weight excluding hydrogens is 438 g/mol. The van der Waals surface area contributed by atoms with E-state index in [0.717, 1.165) is 63.5 Å². The van der Waals surface area contributed by atoms with Crippen molar-refractivity contribution in [2.75, 3.05) is 13.6 Å². The van der Waals surface area contributed by atoms with Gasteiger partial charge in [0.25, 0.3) is 0 Å². The van der Waals surface area contributed by atoms with Crippen molar-refractivity contribution in [2.45, 2.75) is 32.7 Å². The zero-order valence-corrected chi connectivity index (χ0v) is 20.0. The zero-order chi connectivity index (χ0) is 24.1. The van der Waals surface area contributed by atoms with Crippen LogP contribution in [0.25, 0.3) is 44.7 Å². The summed E-state index contributed by atoms with van der Waals surface area (Å²) in [5.41, 5.74) is 7.00. The van der Waals surface area contributed by atoms with Gasteiger partial charge in [0.15, 0.2) is 5.82 Å². The van der Waals surface area contributed by atoms with Crippen molar-refractivity contribution in [1.82, 2.24) is 34.2 Å². The molecule has 1 unspecified atom stereocenters. The molecule has 0 amide bonds. The Bertz CT molecular complexity index is 1520. The number of likely N-dealkylation sites (N-methyl/N-ethyl adjacent to an activating group) is 1. The fraction of sp³-hybridized carbons (Fsp3) is 0.259. The molecule has 1 atom stereocenters. The van der Waals surface area contributed by atoms with Crippen molar-refractivity contribution in [1.29, 1.82) is 0 Å². The largest absolute Gasteiger partial charge is 0.373 e. The summed E-state index contributed by atoms with van der Waals surface area (Å²) < 4.78 is 4.19. The average Bonchev–Trinajstić information content (AvgIpc) is 3.52. The Kier molecular flexibility index (Phi) is 5.20. The van der Waals surface area contributed by atoms with Crippen LogP contribution in [-0.2, 0) is 6.54 Å². The molecule has 0 bridgehead atoms. The minimum atomic E-state index is -0.629. The van der Waals surface area contributed by atoms with Gasteiger partial charge >= 0.3 is 0 Å². The third-order valence-electron chi connectivity index (χ3n) is 6.84. The second kappa shape index (κ2) is 8.41. The summed E-state index contributed by atoms with van der Waals surface area (Å²) in [7, 11) is 1.94. The summed E-state index contributed by atoms with van der Waals surface area (Å²) in [6, 6.07) is 14.9. The van der Waals surface area contributed by atoms with E-state index in [1.54, 1.807) is 6.33 Å². The molecule has 1 aliphatic rings. The van der Waals surface area contributed by atoms with Gasteiger partial charge in [-0.3, -0.25) is 9.88 Å². The predicted molar refractivity (Wildman–Crippen MR) is 135 cm³/mol. The Labute approximate surface area is 203 Å². The van der Waals surface area contributed by atoms with Crippen molar-refractivity contribution in [2.24, 2.45) is 0 Å². The molecule has 8 heteroatoms. The number of fused-ring (bicyclic) bond motifs is 3. The van der Waals surface area contributed by atoms with Gasteiger partial charge in [0, 0.05) is 59.8 Å². The highest BCUT2D eigenvalue weighted by Gasteiger charge is 2.26. The molecule has 1 N–H and O–H groups in total. The Balaban J connectivity index is 1.38. The third-order valence-corrected chi connectivity index (χ3v) is 6.84. The lowest BCUT2D eigenvalue weighted by atomic mass is 10.00. The zero-order valence-electron chi connectivity index (χ0n) is 20.0. The first-order valence-corrected chi connectivity index (χ1v) is 11.8. The van der Waals surface area contributed by atoms with Crippen molar-refractivity contribution in [3.63, 3.8) is 0 Å². The van der Waals surface area contributed by atoms with E-state index in [-0.39, 0.29) is 0 Å². The number of aliphatic hydroxyl groups is 1. The van der Waals surface area contributed by atoms with E-state index in [0.29, 0.717) is 6.04 Å². The second-order valence-corrected chi connectivity index (χ2v) is 9.37. The van der Waals surface area contributed by atoms with E-state index >= 15 is 0 Å². The van der Waals surface area contributed by atoms with E-state index in [9.17, 15) is 5.11 Å². The van der Waals surface area contributed by atoms with Crippen LogP contribution < -0.4 is 0 Å². The van der Waals surface area contributed by atoms with Gasteiger partial charge in [0.1, 0.15) is 18.2 Å². The van der Waals surface area contributed by atoms with Gasteiger partial charge in [0.05, 0.1) is 5.69 Å². The molecule has 0 radical (unpaired) electrons. The first-order valence-electron chi connectivity index (χ1n) is 11.8. The van der Waals surface area contributed by atoms with E-state index in [4.69, 9.17) is 0 Å². The van der Waals surface area contributed by atoms with Crippen molar-refractivity contribution < 1.29 is 5.11 Å². The number of nitrogens with zero attached hydrogens (tertiary/aromatic N) is 7. The van der Waals surface area contributed by atoms with Gasteiger partial charge in [-0.2, -0.15) is 0 Å². The van der Waals surface area contributed by atoms with E-state index in [2.05, 4.69) is 79.5 Å². The van der Waals surface area contributed by atoms with E-state index in [1.165, 1.54) is 0 Å². The summed E-state index contributed by atoms with van der Waals surface area (Å²) in [5.74, 6) is 0.864. The summed E-state index contributed by atoms with van der Waals surface area (Å²) in [5, 5.41) is 20.1. The molecule has 1 aromatic carbocycles. The normalized spacial score (nSPS) is 16.2. The minimum absolute atomic E-state index is 0.291. The number of rotatable bonds is 4. The first kappa shape index (κ1) is 21.6. The molecule has 4 aromatic heterocycles. The fourth-order valence-electron chi connectivity index (χ4n) is 4.86. The maximum absolute atomic E-state index is 10.7. The monoisotopic (exact) mass is 465 g/mol. The topological polar surface area (TPSA) is 84.9 Å². The fourth-order valence-corrected chi connectivity index (χ4v) is 4.86. The summed E-state index contributed by atoms with van der Waals surface area (Å²) >= 11 is 0. The molecule has 176 valence electrons. The number of benzene rings is 1. The highest BCUT2D eigenvalue weighted by Crippen LogP contribution is 2.35. The lowest BCUT2D eigenvalue weighted by Crippen LogP contribution is -2.34. The lowest BCUT2D eigenvalue weighted by molar-refractivity contribution is -0.00182. The molecule has 0 fully saturated rings. The Hall–Kier alpha value is -3.88. The van der Waals surface area contributed by atoms with Crippen LogP contribution in [0.15, 0.2) is 67.4 Å². The second-order valence-electron chi connectivity index (χ2n) is 9.37. The number of aliphatic hydroxyl groups excluding tert-OH is 1. The van der Waals surface area contributed by atoms with Crippen LogP contribution >= 0.6 is 0 Å². The molecule has 0 saturated heterocycles. The van der Waals surface area contributed by atoms with Crippen LogP contribution in [0, 0.1) is 0 Å². The molecule has 6 rings (SSSR count). The van der Waals surface area contributed by atoms with Gasteiger partial charge < -0.3 is 14.2 Å². The third kappa shape index (κ3) is 3.62. The van der Waals surface area contributed by atoms with Crippen LogP contribution in [0.3, 0.4) is 0 Å². The Morgan fingerprint density at radius 3 is 2.51 bits per heavy atom. The van der Waals surface area contributed by atoms with E-state index in [1.807, 2.05) is 36.6 Å². The van der Waals surface area contributed by atoms with Crippen LogP contribution in [0.4, 0.5) is 0 Å². The molecule has 5 aromatic rings. The molecule has 35 heavy (non-hydrogen) atoms. The quantitative estimate of drug-likeness (QED) is 0.419. The van der Waals surface area contributed by atoms with Crippen LogP contribution in [0.5, 0.6) is 0 Å². The molecular formula is C27H27N7O. The summed E-state index contributed by atoms with van der Waals surface area (Å²) in [4.78, 5) is 11.1. The molecule has 0 spiro atoms. The lowest BCUT2D eigenvalue weighted by Gasteiger charge is -2.30. The van der Waals surface area contributed by atoms with Crippen molar-refractivity contribution in [3.8, 4) is 33.6 Å². The highest BCUT2D eigenvalue weighted by atomic mass is 16.3. The molecule has 5 heterocycles. The Morgan fingerprint density at radius 1 is 0.943 bits per heavy atom. The Morgan fingerprint density at radius 2 is 1.71 bits per heavy atom. The van der Waals surface area contributed by atoms with Gasteiger partial charge in [-0.25, -0.2) is 4.98 Å². The number of aromatic nitrogens is 6. The summed E-state index contributed by atoms with van der Waals surface area (Å²) in [6.45, 7) is 5.83. The van der Waals surface area contributed by atoms with Crippen LogP contribution in [0.1, 0.15) is 31.8 Å². The number of hydrogen-bond donors (Lipinski definition) is 1. The predicted octanol–water partition coefficient (Wildman–Crippen LogP) is 4.54. The van der Waals surface area contributed by atoms with Crippen LogP contribution in [0.2, 0.25) is 0 Å². The van der Waals surface area contributed by atoms with Gasteiger partial charge in [0.2, 0.25) is 0 Å². The van der Waals surface area contributed by atoms with Crippen LogP contribution in [-0.4, -0.2) is 52.9 Å². The van der Waals surface area contributed by atoms with Gasteiger partial charge in [-0.05, 0) is 50.2 Å². The van der Waals surface area contributed by atoms with Gasteiger partial charge in [-0.15, -0.1) is 10.2 Å². The van der Waals surface area contributed by atoms with E-state index < -0.39 is 6.23 Å². The molecule has 0 aliphatic carbocycles. The smallest absolute Gasteiger partial charge is 0.163 e. The average molecular weight is 466 g/mol. The maximum Gasteiger partial charge on any atom is 0.163 e. The standard InChI is InChI=1S/C27H27N7O/c1-17(2)34-16-30-31-25(34)19-6-4-18(5-7-19)20-12-21(15-28-14-20)22-8-9-29-26-23(22)13-24-27(35)32(3)10-11-33(24)26/h4-9,12-17,27,35H,10-11H2,1-3H3. The van der Waals surface area contributed by atoms with Crippen molar-refractivity contribution in [3.05, 3.63) is 73.1 Å². The summed E-state index contributed by atoms with van der Waals surface area (Å²) in [6.07, 6.45) is 6.75. The number of hydrogen-bond acceptors (Lipinski definition) is 6. The molecule has 1 aliphatic heterocycles. The molecule has 8 nitrogen and oxygen atoms in total. The number of pyridine rings is 2. The highest BCUT2D eigenvalue weighted by molar-refractivity contribution is 5.94. The maximum atomic E-state index is 10.7.